The molecule has 0 aliphatic rings. The zero-order chi connectivity index (χ0) is 11.4. The van der Waals surface area contributed by atoms with E-state index in [1.807, 2.05) is 0 Å². The molecule has 4 nitrogen and oxygen atoms in total. The van der Waals surface area contributed by atoms with Crippen molar-refractivity contribution in [1.29, 1.82) is 0 Å². The van der Waals surface area contributed by atoms with E-state index < -0.39 is 13.7 Å². The summed E-state index contributed by atoms with van der Waals surface area (Å²) >= 11 is 0. The second kappa shape index (κ2) is 4.95. The Balaban J connectivity index is 3.02. The number of benzene rings is 1. The molecule has 0 fully saturated rings. The molecule has 82 valence electrons. The van der Waals surface area contributed by atoms with Crippen LogP contribution >= 0.6 is 0 Å². The third-order valence-electron chi connectivity index (χ3n) is 1.70. The molecule has 0 bridgehead atoms. The van der Waals surface area contributed by atoms with E-state index in [0.29, 0.717) is 0 Å². The first-order valence-electron chi connectivity index (χ1n) is 4.03. The molecule has 0 spiro atoms. The van der Waals surface area contributed by atoms with Crippen LogP contribution in [0, 0.1) is 0 Å². The third-order valence-corrected chi connectivity index (χ3v) is 1.70. The van der Waals surface area contributed by atoms with E-state index in [9.17, 15) is 8.78 Å². The Morgan fingerprint density at radius 2 is 1.93 bits per heavy atom. The van der Waals surface area contributed by atoms with Gasteiger partial charge in [-0.1, -0.05) is 6.07 Å². The summed E-state index contributed by atoms with van der Waals surface area (Å²) in [6, 6.07) is 3.73. The summed E-state index contributed by atoms with van der Waals surface area (Å²) in [5.41, 5.74) is 0.0476. The van der Waals surface area contributed by atoms with Gasteiger partial charge in [-0.3, -0.25) is 0 Å². The lowest BCUT2D eigenvalue weighted by molar-refractivity contribution is -0.0511. The minimum absolute atomic E-state index is 0.0476. The van der Waals surface area contributed by atoms with Gasteiger partial charge in [0.2, 0.25) is 0 Å². The van der Waals surface area contributed by atoms with E-state index in [4.69, 9.17) is 14.8 Å². The maximum Gasteiger partial charge on any atom is 0.488 e. The van der Waals surface area contributed by atoms with Gasteiger partial charge in [0.25, 0.3) is 0 Å². The summed E-state index contributed by atoms with van der Waals surface area (Å²) in [6.07, 6.45) is 0. The fraction of sp³-hybridized carbons (Fsp3) is 0.250. The second-order valence-electron chi connectivity index (χ2n) is 2.66. The fourth-order valence-electron chi connectivity index (χ4n) is 1.04. The van der Waals surface area contributed by atoms with E-state index >= 15 is 0 Å². The van der Waals surface area contributed by atoms with Gasteiger partial charge in [-0.25, -0.2) is 0 Å². The molecule has 0 amide bonds. The summed E-state index contributed by atoms with van der Waals surface area (Å²) in [5.74, 6) is -0.141. The highest BCUT2D eigenvalue weighted by molar-refractivity contribution is 6.58. The van der Waals surface area contributed by atoms with Gasteiger partial charge in [-0.2, -0.15) is 8.78 Å². The number of methoxy groups -OCH3 is 1. The Hall–Kier alpha value is -1.34. The first kappa shape index (κ1) is 11.7. The minimum atomic E-state index is -3.00. The van der Waals surface area contributed by atoms with Gasteiger partial charge in [-0.15, -0.1) is 0 Å². The van der Waals surface area contributed by atoms with Crippen LogP contribution in [0.2, 0.25) is 0 Å². The molecule has 1 aromatic carbocycles. The van der Waals surface area contributed by atoms with E-state index in [0.717, 1.165) is 6.07 Å². The van der Waals surface area contributed by atoms with Crippen molar-refractivity contribution in [3.63, 3.8) is 0 Å². The monoisotopic (exact) mass is 218 g/mol. The highest BCUT2D eigenvalue weighted by Gasteiger charge is 2.16. The predicted octanol–water partition coefficient (Wildman–Crippen LogP) is -0.0236. The largest absolute Gasteiger partial charge is 0.493 e. The molecule has 0 unspecified atom stereocenters. The lowest BCUT2D eigenvalue weighted by Gasteiger charge is -2.11. The smallest absolute Gasteiger partial charge is 0.488 e. The van der Waals surface area contributed by atoms with Crippen LogP contribution in [0.25, 0.3) is 0 Å². The summed E-state index contributed by atoms with van der Waals surface area (Å²) in [6.45, 7) is -3.00. The van der Waals surface area contributed by atoms with E-state index in [1.165, 1.54) is 19.2 Å². The average Bonchev–Trinajstić information content (AvgIpc) is 2.16. The first-order chi connectivity index (χ1) is 7.04. The van der Waals surface area contributed by atoms with Gasteiger partial charge in [0.05, 0.1) is 7.11 Å². The lowest BCUT2D eigenvalue weighted by Crippen LogP contribution is -2.29. The van der Waals surface area contributed by atoms with Crippen molar-refractivity contribution in [2.75, 3.05) is 7.11 Å². The van der Waals surface area contributed by atoms with E-state index in [-0.39, 0.29) is 17.0 Å². The van der Waals surface area contributed by atoms with Crippen LogP contribution in [0.5, 0.6) is 11.5 Å². The normalized spacial score (nSPS) is 10.3. The Kier molecular flexibility index (Phi) is 3.87. The Bertz CT molecular complexity index is 332. The topological polar surface area (TPSA) is 58.9 Å². The van der Waals surface area contributed by atoms with Crippen LogP contribution in [-0.4, -0.2) is 30.9 Å². The van der Waals surface area contributed by atoms with Crippen molar-refractivity contribution in [3.05, 3.63) is 18.2 Å². The fourth-order valence-corrected chi connectivity index (χ4v) is 1.04. The van der Waals surface area contributed by atoms with Crippen LogP contribution in [-0.2, 0) is 0 Å². The molecule has 2 N–H and O–H groups in total. The van der Waals surface area contributed by atoms with E-state index in [2.05, 4.69) is 4.74 Å². The van der Waals surface area contributed by atoms with Gasteiger partial charge in [0.15, 0.2) is 11.5 Å². The van der Waals surface area contributed by atoms with Crippen molar-refractivity contribution in [3.8, 4) is 11.5 Å². The highest BCUT2D eigenvalue weighted by atomic mass is 19.3. The number of halogens is 2. The zero-order valence-corrected chi connectivity index (χ0v) is 7.85. The van der Waals surface area contributed by atoms with Crippen LogP contribution < -0.4 is 14.9 Å². The first-order valence-corrected chi connectivity index (χ1v) is 4.03. The maximum absolute atomic E-state index is 12.0. The lowest BCUT2D eigenvalue weighted by atomic mass is 9.80. The quantitative estimate of drug-likeness (QED) is 0.697. The summed E-state index contributed by atoms with van der Waals surface area (Å²) < 4.78 is 32.8. The molecule has 1 rings (SSSR count). The molecule has 0 aromatic heterocycles. The maximum atomic E-state index is 12.0. The van der Waals surface area contributed by atoms with Gasteiger partial charge in [0, 0.05) is 0 Å². The molecule has 0 radical (unpaired) electrons. The molecular formula is C8H9BF2O4. The molecule has 0 saturated carbocycles. The number of rotatable bonds is 4. The number of hydrogen-bond donors (Lipinski definition) is 2. The SMILES string of the molecule is COc1ccc(B(O)O)cc1OC(F)F. The van der Waals surface area contributed by atoms with Crippen molar-refractivity contribution in [2.24, 2.45) is 0 Å². The summed E-state index contributed by atoms with van der Waals surface area (Å²) in [5, 5.41) is 17.6. The van der Waals surface area contributed by atoms with Crippen molar-refractivity contribution in [1.82, 2.24) is 0 Å². The standard InChI is InChI=1S/C8H9BF2O4/c1-14-6-3-2-5(9(12)13)4-7(6)15-8(10)11/h2-4,8,12-13H,1H3. The molecule has 0 aliphatic heterocycles. The van der Waals surface area contributed by atoms with Gasteiger partial charge in [-0.05, 0) is 17.6 Å². The molecule has 0 aliphatic carbocycles. The van der Waals surface area contributed by atoms with Crippen LogP contribution in [0.4, 0.5) is 8.78 Å². The van der Waals surface area contributed by atoms with Crippen LogP contribution in [0.1, 0.15) is 0 Å². The van der Waals surface area contributed by atoms with Crippen molar-refractivity contribution < 1.29 is 28.3 Å². The van der Waals surface area contributed by atoms with Gasteiger partial charge >= 0.3 is 13.7 Å². The molecule has 1 aromatic rings. The average molecular weight is 218 g/mol. The molecule has 15 heavy (non-hydrogen) atoms. The zero-order valence-electron chi connectivity index (χ0n) is 7.85. The molecular weight excluding hydrogens is 209 g/mol. The van der Waals surface area contributed by atoms with E-state index in [1.54, 1.807) is 0 Å². The van der Waals surface area contributed by atoms with Crippen LogP contribution in [0.15, 0.2) is 18.2 Å². The third kappa shape index (κ3) is 3.07. The minimum Gasteiger partial charge on any atom is -0.493 e. The van der Waals surface area contributed by atoms with Crippen molar-refractivity contribution >= 4 is 12.6 Å². The van der Waals surface area contributed by atoms with Crippen molar-refractivity contribution in [2.45, 2.75) is 6.61 Å². The molecule has 7 heteroatoms. The second-order valence-corrected chi connectivity index (χ2v) is 2.66. The Morgan fingerprint density at radius 3 is 2.40 bits per heavy atom. The molecule has 0 heterocycles. The summed E-state index contributed by atoms with van der Waals surface area (Å²) in [4.78, 5) is 0. The number of alkyl halides is 2. The number of hydrogen-bond acceptors (Lipinski definition) is 4. The Labute approximate surface area is 85.2 Å². The highest BCUT2D eigenvalue weighted by Crippen LogP contribution is 2.26. The Morgan fingerprint density at radius 1 is 1.27 bits per heavy atom. The summed E-state index contributed by atoms with van der Waals surface area (Å²) in [7, 11) is -0.446. The van der Waals surface area contributed by atoms with Gasteiger partial charge in [0.1, 0.15) is 0 Å². The number of ether oxygens (including phenoxy) is 2. The van der Waals surface area contributed by atoms with Crippen LogP contribution in [0.3, 0.4) is 0 Å². The predicted molar refractivity (Wildman–Crippen MR) is 49.5 cm³/mol. The molecule has 0 saturated heterocycles. The van der Waals surface area contributed by atoms with Gasteiger partial charge < -0.3 is 19.5 Å². The molecule has 0 atom stereocenters.